The van der Waals surface area contributed by atoms with Crippen LogP contribution in [0.1, 0.15) is 34.7 Å². The van der Waals surface area contributed by atoms with Gasteiger partial charge in [-0.05, 0) is 54.0 Å². The van der Waals surface area contributed by atoms with Crippen LogP contribution in [0.25, 0.3) is 17.0 Å². The zero-order chi connectivity index (χ0) is 15.8. The van der Waals surface area contributed by atoms with Crippen molar-refractivity contribution in [3.05, 3.63) is 76.7 Å². The van der Waals surface area contributed by atoms with Gasteiger partial charge < -0.3 is 0 Å². The summed E-state index contributed by atoms with van der Waals surface area (Å²) in [5.41, 5.74) is 5.66. The normalized spacial score (nSPS) is 17.0. The minimum Gasteiger partial charge on any atom is -0.264 e. The average Bonchev–Trinajstić information content (AvgIpc) is 2.61. The lowest BCUT2D eigenvalue weighted by Gasteiger charge is -2.25. The van der Waals surface area contributed by atoms with Crippen molar-refractivity contribution in [1.82, 2.24) is 9.97 Å². The maximum atomic E-state index is 6.67. The first-order valence-corrected chi connectivity index (χ1v) is 8.27. The van der Waals surface area contributed by atoms with Gasteiger partial charge in [0.25, 0.3) is 0 Å². The highest BCUT2D eigenvalue weighted by Crippen LogP contribution is 2.37. The van der Waals surface area contributed by atoms with E-state index in [0.29, 0.717) is 5.92 Å². The molecule has 1 atom stereocenters. The van der Waals surface area contributed by atoms with E-state index in [1.165, 1.54) is 11.1 Å². The van der Waals surface area contributed by atoms with Gasteiger partial charge in [-0.3, -0.25) is 9.97 Å². The van der Waals surface area contributed by atoms with E-state index < -0.39 is 0 Å². The van der Waals surface area contributed by atoms with E-state index >= 15 is 0 Å². The third-order valence-electron chi connectivity index (χ3n) is 4.70. The van der Waals surface area contributed by atoms with E-state index in [0.717, 1.165) is 46.4 Å². The Morgan fingerprint density at radius 3 is 2.96 bits per heavy atom. The van der Waals surface area contributed by atoms with E-state index in [4.69, 9.17) is 16.6 Å². The number of aromatic nitrogens is 2. The van der Waals surface area contributed by atoms with Crippen LogP contribution in [0.15, 0.2) is 49.3 Å². The second-order valence-electron chi connectivity index (χ2n) is 6.06. The lowest BCUT2D eigenvalue weighted by molar-refractivity contribution is 0.573. The van der Waals surface area contributed by atoms with E-state index in [2.05, 4.69) is 29.8 Å². The Labute approximate surface area is 140 Å². The number of hydrogen-bond donors (Lipinski definition) is 0. The monoisotopic (exact) mass is 320 g/mol. The molecule has 3 heteroatoms. The van der Waals surface area contributed by atoms with Crippen molar-refractivity contribution >= 4 is 28.6 Å². The third kappa shape index (κ3) is 2.53. The Morgan fingerprint density at radius 2 is 2.17 bits per heavy atom. The second kappa shape index (κ2) is 5.78. The molecule has 0 N–H and O–H groups in total. The van der Waals surface area contributed by atoms with Gasteiger partial charge in [0, 0.05) is 23.5 Å². The zero-order valence-electron chi connectivity index (χ0n) is 12.8. The zero-order valence-corrected chi connectivity index (χ0v) is 13.6. The van der Waals surface area contributed by atoms with Crippen LogP contribution >= 0.6 is 11.6 Å². The summed E-state index contributed by atoms with van der Waals surface area (Å²) in [6, 6.07) is 10.3. The number of hydrogen-bond acceptors (Lipinski definition) is 2. The molecule has 3 aromatic rings. The van der Waals surface area contributed by atoms with Crippen molar-refractivity contribution in [2.75, 3.05) is 0 Å². The van der Waals surface area contributed by atoms with Gasteiger partial charge in [0.2, 0.25) is 0 Å². The highest BCUT2D eigenvalue weighted by Gasteiger charge is 2.24. The first-order chi connectivity index (χ1) is 11.3. The quantitative estimate of drug-likeness (QED) is 0.648. The van der Waals surface area contributed by atoms with Gasteiger partial charge in [0.05, 0.1) is 10.5 Å². The van der Waals surface area contributed by atoms with Gasteiger partial charge in [0.15, 0.2) is 0 Å². The molecule has 1 aromatic carbocycles. The average molecular weight is 321 g/mol. The standard InChI is InChI=1S/C20H17ClN2/c1-2-13-5-7-16-18(10-13)23-19-11-14(6-8-17(19)20(16)21)15-4-3-9-22-12-15/h2-5,7,9-10,12,14H,1,6,8,11H2. The minimum atomic E-state index is 0.472. The van der Waals surface area contributed by atoms with Crippen molar-refractivity contribution in [2.24, 2.45) is 0 Å². The number of rotatable bonds is 2. The molecule has 0 bridgehead atoms. The molecule has 1 aliphatic rings. The minimum absolute atomic E-state index is 0.472. The Kier molecular flexibility index (Phi) is 3.62. The molecular formula is C20H17ClN2. The molecule has 0 aliphatic heterocycles. The van der Waals surface area contributed by atoms with Gasteiger partial charge in [-0.1, -0.05) is 42.5 Å². The number of fused-ring (bicyclic) bond motifs is 2. The Hall–Kier alpha value is -2.19. The topological polar surface area (TPSA) is 25.8 Å². The summed E-state index contributed by atoms with van der Waals surface area (Å²) in [6.07, 6.45) is 8.62. The van der Waals surface area contributed by atoms with Crippen LogP contribution in [0, 0.1) is 0 Å². The highest BCUT2D eigenvalue weighted by atomic mass is 35.5. The summed E-state index contributed by atoms with van der Waals surface area (Å²) in [5.74, 6) is 0.472. The number of halogens is 1. The number of pyridine rings is 2. The van der Waals surface area contributed by atoms with Crippen LogP contribution in [0.4, 0.5) is 0 Å². The molecule has 2 aromatic heterocycles. The van der Waals surface area contributed by atoms with Gasteiger partial charge >= 0.3 is 0 Å². The Bertz CT molecular complexity index is 887. The van der Waals surface area contributed by atoms with E-state index in [1.807, 2.05) is 30.6 Å². The lowest BCUT2D eigenvalue weighted by Crippen LogP contribution is -2.15. The predicted octanol–water partition coefficient (Wildman–Crippen LogP) is 5.20. The van der Waals surface area contributed by atoms with Crippen LogP contribution in [-0.2, 0) is 12.8 Å². The number of benzene rings is 1. The van der Waals surface area contributed by atoms with Crippen LogP contribution in [0.3, 0.4) is 0 Å². The third-order valence-corrected chi connectivity index (χ3v) is 5.13. The molecule has 23 heavy (non-hydrogen) atoms. The van der Waals surface area contributed by atoms with Gasteiger partial charge in [-0.15, -0.1) is 0 Å². The number of nitrogens with zero attached hydrogens (tertiary/aromatic N) is 2. The summed E-state index contributed by atoms with van der Waals surface area (Å²) < 4.78 is 0. The van der Waals surface area contributed by atoms with Crippen LogP contribution in [0.5, 0.6) is 0 Å². The first-order valence-electron chi connectivity index (χ1n) is 7.89. The highest BCUT2D eigenvalue weighted by molar-refractivity contribution is 6.36. The molecule has 0 radical (unpaired) electrons. The van der Waals surface area contributed by atoms with Crippen LogP contribution in [0.2, 0.25) is 5.02 Å². The second-order valence-corrected chi connectivity index (χ2v) is 6.44. The summed E-state index contributed by atoms with van der Waals surface area (Å²) in [7, 11) is 0. The van der Waals surface area contributed by atoms with Gasteiger partial charge in [0.1, 0.15) is 0 Å². The molecule has 2 nitrogen and oxygen atoms in total. The summed E-state index contributed by atoms with van der Waals surface area (Å²) in [5, 5.41) is 1.90. The van der Waals surface area contributed by atoms with Gasteiger partial charge in [-0.25, -0.2) is 0 Å². The Balaban J connectivity index is 1.80. The Morgan fingerprint density at radius 1 is 1.26 bits per heavy atom. The van der Waals surface area contributed by atoms with Crippen molar-refractivity contribution in [2.45, 2.75) is 25.2 Å². The molecule has 2 heterocycles. The van der Waals surface area contributed by atoms with E-state index in [-0.39, 0.29) is 0 Å². The molecule has 114 valence electrons. The molecule has 1 unspecified atom stereocenters. The van der Waals surface area contributed by atoms with Crippen molar-refractivity contribution in [3.8, 4) is 0 Å². The fourth-order valence-corrected chi connectivity index (χ4v) is 3.80. The molecule has 0 saturated carbocycles. The smallest absolute Gasteiger partial charge is 0.0726 e. The van der Waals surface area contributed by atoms with Crippen molar-refractivity contribution < 1.29 is 0 Å². The van der Waals surface area contributed by atoms with E-state index in [1.54, 1.807) is 0 Å². The largest absolute Gasteiger partial charge is 0.264 e. The van der Waals surface area contributed by atoms with Crippen molar-refractivity contribution in [3.63, 3.8) is 0 Å². The molecule has 0 fully saturated rings. The fourth-order valence-electron chi connectivity index (χ4n) is 3.43. The van der Waals surface area contributed by atoms with Crippen LogP contribution < -0.4 is 0 Å². The molecule has 0 spiro atoms. The SMILES string of the molecule is C=Cc1ccc2c(Cl)c3c(nc2c1)CC(c1cccnc1)CC3. The van der Waals surface area contributed by atoms with Crippen molar-refractivity contribution in [1.29, 1.82) is 0 Å². The summed E-state index contributed by atoms with van der Waals surface area (Å²) >= 11 is 6.67. The molecule has 0 amide bonds. The first kappa shape index (κ1) is 14.4. The predicted molar refractivity (Wildman–Crippen MR) is 95.8 cm³/mol. The molecular weight excluding hydrogens is 304 g/mol. The summed E-state index contributed by atoms with van der Waals surface area (Å²) in [4.78, 5) is 9.16. The molecule has 0 saturated heterocycles. The summed E-state index contributed by atoms with van der Waals surface area (Å²) in [6.45, 7) is 3.83. The maximum Gasteiger partial charge on any atom is 0.0726 e. The van der Waals surface area contributed by atoms with Crippen LogP contribution in [-0.4, -0.2) is 9.97 Å². The fraction of sp³-hybridized carbons (Fsp3) is 0.200. The molecule has 1 aliphatic carbocycles. The lowest BCUT2D eigenvalue weighted by atomic mass is 9.82. The molecule has 4 rings (SSSR count). The van der Waals surface area contributed by atoms with E-state index in [9.17, 15) is 0 Å². The van der Waals surface area contributed by atoms with Gasteiger partial charge in [-0.2, -0.15) is 0 Å². The maximum absolute atomic E-state index is 6.67.